The second-order valence-electron chi connectivity index (χ2n) is 8.78. The van der Waals surface area contributed by atoms with Gasteiger partial charge in [-0.15, -0.1) is 0 Å². The molecule has 0 radical (unpaired) electrons. The third-order valence-electron chi connectivity index (χ3n) is 6.54. The lowest BCUT2D eigenvalue weighted by molar-refractivity contribution is 0.00617. The number of fused-ring (bicyclic) bond motifs is 1. The van der Waals surface area contributed by atoms with Crippen LogP contribution in [0.25, 0.3) is 0 Å². The van der Waals surface area contributed by atoms with Crippen LogP contribution in [0.5, 0.6) is 0 Å². The molecule has 3 aliphatic carbocycles. The molecule has 120 valence electrons. The van der Waals surface area contributed by atoms with Crippen LogP contribution >= 0.6 is 0 Å². The molecule has 0 amide bonds. The lowest BCUT2D eigenvalue weighted by Crippen LogP contribution is -2.40. The first kappa shape index (κ1) is 15.6. The van der Waals surface area contributed by atoms with E-state index < -0.39 is 5.60 Å². The topological polar surface area (TPSA) is 40.5 Å². The zero-order valence-electron chi connectivity index (χ0n) is 14.0. The van der Waals surface area contributed by atoms with Gasteiger partial charge in [0, 0.05) is 0 Å². The minimum Gasteiger partial charge on any atom is -0.393 e. The molecule has 2 heteroatoms. The molecule has 0 heterocycles. The van der Waals surface area contributed by atoms with E-state index in [1.165, 1.54) is 32.1 Å². The van der Waals surface area contributed by atoms with E-state index in [1.807, 2.05) is 13.8 Å². The van der Waals surface area contributed by atoms with E-state index >= 15 is 0 Å². The number of hydrogen-bond donors (Lipinski definition) is 2. The Hall–Kier alpha value is -0.340. The van der Waals surface area contributed by atoms with Gasteiger partial charge in [-0.25, -0.2) is 0 Å². The van der Waals surface area contributed by atoms with Gasteiger partial charge in [0.2, 0.25) is 0 Å². The highest BCUT2D eigenvalue weighted by Gasteiger charge is 2.57. The molecule has 2 fully saturated rings. The molecule has 0 aromatic rings. The SMILES string of the molecule is CC(C)(O)CCCC1(C2=CCC3C(O)CCC[C@@]23C)CC1. The van der Waals surface area contributed by atoms with Crippen LogP contribution in [0.3, 0.4) is 0 Å². The van der Waals surface area contributed by atoms with Crippen LogP contribution in [0, 0.1) is 16.7 Å². The summed E-state index contributed by atoms with van der Waals surface area (Å²) in [4.78, 5) is 0. The van der Waals surface area contributed by atoms with Gasteiger partial charge in [0.25, 0.3) is 0 Å². The van der Waals surface area contributed by atoms with Crippen LogP contribution in [0.2, 0.25) is 0 Å². The maximum absolute atomic E-state index is 10.4. The van der Waals surface area contributed by atoms with E-state index in [9.17, 15) is 10.2 Å². The Kier molecular flexibility index (Phi) is 3.77. The Balaban J connectivity index is 1.69. The van der Waals surface area contributed by atoms with Gasteiger partial charge in [-0.05, 0) is 88.4 Å². The monoisotopic (exact) mass is 292 g/mol. The van der Waals surface area contributed by atoms with E-state index in [4.69, 9.17) is 0 Å². The lowest BCUT2D eigenvalue weighted by atomic mass is 9.62. The van der Waals surface area contributed by atoms with E-state index in [0.717, 1.165) is 25.7 Å². The van der Waals surface area contributed by atoms with Gasteiger partial charge in [0.05, 0.1) is 11.7 Å². The van der Waals surface area contributed by atoms with Gasteiger partial charge >= 0.3 is 0 Å². The van der Waals surface area contributed by atoms with Crippen molar-refractivity contribution in [3.8, 4) is 0 Å². The van der Waals surface area contributed by atoms with Crippen LogP contribution < -0.4 is 0 Å². The van der Waals surface area contributed by atoms with Gasteiger partial charge in [0.1, 0.15) is 0 Å². The summed E-state index contributed by atoms with van der Waals surface area (Å²) in [6, 6.07) is 0. The molecule has 3 rings (SSSR count). The van der Waals surface area contributed by atoms with Crippen molar-refractivity contribution in [3.05, 3.63) is 11.6 Å². The molecule has 0 aromatic carbocycles. The standard InChI is InChI=1S/C19H32O2/c1-17(2,21)9-5-11-19(12-13-19)16-8-7-14-15(20)6-4-10-18(14,16)3/h8,14-15,20-21H,4-7,9-13H2,1-3H3/t14?,15?,18-/m1/s1. The predicted molar refractivity (Wildman–Crippen MR) is 86.0 cm³/mol. The zero-order valence-corrected chi connectivity index (χ0v) is 14.0. The van der Waals surface area contributed by atoms with Gasteiger partial charge in [-0.1, -0.05) is 18.6 Å². The molecule has 0 aromatic heterocycles. The number of aliphatic hydroxyl groups is 2. The average molecular weight is 292 g/mol. The van der Waals surface area contributed by atoms with Gasteiger partial charge in [-0.3, -0.25) is 0 Å². The van der Waals surface area contributed by atoms with Crippen molar-refractivity contribution in [2.75, 3.05) is 0 Å². The number of allylic oxidation sites excluding steroid dienone is 2. The first-order valence-electron chi connectivity index (χ1n) is 8.89. The summed E-state index contributed by atoms with van der Waals surface area (Å²) < 4.78 is 0. The summed E-state index contributed by atoms with van der Waals surface area (Å²) in [5.74, 6) is 0.466. The molecule has 3 aliphatic rings. The Morgan fingerprint density at radius 3 is 2.62 bits per heavy atom. The quantitative estimate of drug-likeness (QED) is 0.745. The van der Waals surface area contributed by atoms with Crippen LogP contribution in [0.1, 0.15) is 78.6 Å². The predicted octanol–water partition coefficient (Wildman–Crippen LogP) is 4.21. The second kappa shape index (κ2) is 5.09. The number of rotatable bonds is 5. The van der Waals surface area contributed by atoms with Crippen molar-refractivity contribution in [3.63, 3.8) is 0 Å². The second-order valence-corrected chi connectivity index (χ2v) is 8.78. The Bertz CT molecular complexity index is 427. The summed E-state index contributed by atoms with van der Waals surface area (Å²) in [5, 5.41) is 20.3. The third-order valence-corrected chi connectivity index (χ3v) is 6.54. The molecule has 2 nitrogen and oxygen atoms in total. The molecule has 0 saturated heterocycles. The summed E-state index contributed by atoms with van der Waals surface area (Å²) in [6.45, 7) is 6.24. The average Bonchev–Trinajstić information content (AvgIpc) is 3.03. The van der Waals surface area contributed by atoms with Crippen molar-refractivity contribution < 1.29 is 10.2 Å². The zero-order chi connectivity index (χ0) is 15.3. The molecule has 3 atom stereocenters. The fourth-order valence-electron chi connectivity index (χ4n) is 5.21. The van der Waals surface area contributed by atoms with Crippen LogP contribution in [-0.4, -0.2) is 21.9 Å². The van der Waals surface area contributed by atoms with E-state index in [0.29, 0.717) is 11.3 Å². The fourth-order valence-corrected chi connectivity index (χ4v) is 5.21. The van der Waals surface area contributed by atoms with Gasteiger partial charge in [-0.2, -0.15) is 0 Å². The van der Waals surface area contributed by atoms with Crippen molar-refractivity contribution in [1.29, 1.82) is 0 Å². The molecule has 2 unspecified atom stereocenters. The molecule has 2 saturated carbocycles. The maximum atomic E-state index is 10.4. The smallest absolute Gasteiger partial charge is 0.0591 e. The minimum atomic E-state index is -0.534. The first-order valence-corrected chi connectivity index (χ1v) is 8.89. The summed E-state index contributed by atoms with van der Waals surface area (Å²) in [5.41, 5.74) is 1.82. The third kappa shape index (κ3) is 2.82. The fraction of sp³-hybridized carbons (Fsp3) is 0.895. The highest BCUT2D eigenvalue weighted by molar-refractivity contribution is 5.34. The molecular weight excluding hydrogens is 260 g/mol. The Labute approximate surface area is 129 Å². The minimum absolute atomic E-state index is 0.0929. The molecule has 21 heavy (non-hydrogen) atoms. The molecule has 2 N–H and O–H groups in total. The van der Waals surface area contributed by atoms with Crippen molar-refractivity contribution >= 4 is 0 Å². The van der Waals surface area contributed by atoms with E-state index in [-0.39, 0.29) is 11.5 Å². The van der Waals surface area contributed by atoms with Crippen molar-refractivity contribution in [1.82, 2.24) is 0 Å². The molecule has 0 bridgehead atoms. The van der Waals surface area contributed by atoms with E-state index in [1.54, 1.807) is 5.57 Å². The summed E-state index contributed by atoms with van der Waals surface area (Å²) in [6.07, 6.45) is 12.8. The number of hydrogen-bond acceptors (Lipinski definition) is 2. The molecule has 0 spiro atoms. The Morgan fingerprint density at radius 1 is 1.29 bits per heavy atom. The van der Waals surface area contributed by atoms with Gasteiger partial charge in [0.15, 0.2) is 0 Å². The van der Waals surface area contributed by atoms with E-state index in [2.05, 4.69) is 13.0 Å². The molecular formula is C19H32O2. The molecule has 0 aliphatic heterocycles. The largest absolute Gasteiger partial charge is 0.393 e. The number of aliphatic hydroxyl groups excluding tert-OH is 1. The maximum Gasteiger partial charge on any atom is 0.0591 e. The van der Waals surface area contributed by atoms with Crippen molar-refractivity contribution in [2.24, 2.45) is 16.7 Å². The lowest BCUT2D eigenvalue weighted by Gasteiger charge is -2.44. The van der Waals surface area contributed by atoms with Gasteiger partial charge < -0.3 is 10.2 Å². The first-order chi connectivity index (χ1) is 9.77. The van der Waals surface area contributed by atoms with Crippen LogP contribution in [0.4, 0.5) is 0 Å². The normalized spacial score (nSPS) is 38.0. The summed E-state index contributed by atoms with van der Waals surface area (Å²) >= 11 is 0. The summed E-state index contributed by atoms with van der Waals surface area (Å²) in [7, 11) is 0. The van der Waals surface area contributed by atoms with Crippen LogP contribution in [0.15, 0.2) is 11.6 Å². The van der Waals surface area contributed by atoms with Crippen molar-refractivity contribution in [2.45, 2.75) is 90.3 Å². The van der Waals surface area contributed by atoms with Crippen LogP contribution in [-0.2, 0) is 0 Å². The highest BCUT2D eigenvalue weighted by atomic mass is 16.3. The Morgan fingerprint density at radius 2 is 2.00 bits per heavy atom. The highest BCUT2D eigenvalue weighted by Crippen LogP contribution is 2.67.